The number of hydrogen-bond donors (Lipinski definition) is 1. The predicted octanol–water partition coefficient (Wildman–Crippen LogP) is 1.83. The largest absolute Gasteiger partial charge is 0.416 e. The van der Waals surface area contributed by atoms with Crippen LogP contribution in [0.25, 0.3) is 0 Å². The number of benzene rings is 1. The molecule has 0 aliphatic carbocycles. The lowest BCUT2D eigenvalue weighted by molar-refractivity contribution is -0.137. The summed E-state index contributed by atoms with van der Waals surface area (Å²) in [5, 5.41) is 9.71. The van der Waals surface area contributed by atoms with Crippen LogP contribution in [0, 0.1) is 0 Å². The molecular formula is C15H21F3N2O2. The van der Waals surface area contributed by atoms with Crippen molar-refractivity contribution in [1.29, 1.82) is 0 Å². The molecule has 1 aromatic rings. The maximum Gasteiger partial charge on any atom is 0.416 e. The van der Waals surface area contributed by atoms with Crippen LogP contribution in [0.1, 0.15) is 5.56 Å². The molecule has 124 valence electrons. The van der Waals surface area contributed by atoms with Gasteiger partial charge in [-0.15, -0.1) is 0 Å². The summed E-state index contributed by atoms with van der Waals surface area (Å²) < 4.78 is 43.1. The number of aliphatic hydroxyl groups is 1. The van der Waals surface area contributed by atoms with Crippen molar-refractivity contribution < 1.29 is 23.0 Å². The summed E-state index contributed by atoms with van der Waals surface area (Å²) in [5.74, 6) is 0. The normalized spacial score (nSPS) is 18.5. The Morgan fingerprint density at radius 3 is 2.50 bits per heavy atom. The van der Waals surface area contributed by atoms with Crippen molar-refractivity contribution in [3.05, 3.63) is 29.8 Å². The molecule has 22 heavy (non-hydrogen) atoms. The predicted molar refractivity (Wildman–Crippen MR) is 78.0 cm³/mol. The number of methoxy groups -OCH3 is 1. The molecule has 1 aliphatic heterocycles. The summed E-state index contributed by atoms with van der Waals surface area (Å²) in [4.78, 5) is 4.03. The zero-order valence-electron chi connectivity index (χ0n) is 12.5. The molecule has 0 radical (unpaired) electrons. The van der Waals surface area contributed by atoms with Crippen molar-refractivity contribution in [2.75, 3.05) is 51.3 Å². The molecule has 0 spiro atoms. The molecule has 1 aromatic carbocycles. The zero-order chi connectivity index (χ0) is 16.2. The molecule has 1 unspecified atom stereocenters. The Morgan fingerprint density at radius 2 is 1.91 bits per heavy atom. The van der Waals surface area contributed by atoms with Gasteiger partial charge in [0, 0.05) is 45.5 Å². The van der Waals surface area contributed by atoms with Crippen molar-refractivity contribution >= 4 is 5.69 Å². The third-order valence-corrected chi connectivity index (χ3v) is 3.74. The molecule has 4 nitrogen and oxygen atoms in total. The molecule has 1 atom stereocenters. The average molecular weight is 318 g/mol. The summed E-state index contributed by atoms with van der Waals surface area (Å²) in [6.07, 6.45) is -4.85. The van der Waals surface area contributed by atoms with Crippen LogP contribution in [0.3, 0.4) is 0 Å². The Bertz CT molecular complexity index is 474. The topological polar surface area (TPSA) is 35.9 Å². The third kappa shape index (κ3) is 4.59. The van der Waals surface area contributed by atoms with Crippen LogP contribution >= 0.6 is 0 Å². The van der Waals surface area contributed by atoms with Gasteiger partial charge in [-0.1, -0.05) is 6.07 Å². The molecular weight excluding hydrogens is 297 g/mol. The first kappa shape index (κ1) is 17.1. The molecule has 1 fully saturated rings. The van der Waals surface area contributed by atoms with Crippen molar-refractivity contribution in [1.82, 2.24) is 4.90 Å². The fraction of sp³-hybridized carbons (Fsp3) is 0.600. The van der Waals surface area contributed by atoms with Crippen molar-refractivity contribution in [3.8, 4) is 0 Å². The van der Waals surface area contributed by atoms with E-state index in [-0.39, 0.29) is 6.61 Å². The van der Waals surface area contributed by atoms with Crippen LogP contribution in [-0.4, -0.2) is 62.6 Å². The average Bonchev–Trinajstić information content (AvgIpc) is 2.47. The Balaban J connectivity index is 1.92. The fourth-order valence-corrected chi connectivity index (χ4v) is 2.61. The SMILES string of the molecule is COCC(O)CN1CCN(c2cccc(C(F)(F)F)c2)CC1. The van der Waals surface area contributed by atoms with Gasteiger partial charge in [0.25, 0.3) is 0 Å². The maximum absolute atomic E-state index is 12.7. The number of β-amino-alcohol motifs (C(OH)–C–C–N with tert-alkyl or cyclic N) is 1. The van der Waals surface area contributed by atoms with Gasteiger partial charge in [0.1, 0.15) is 0 Å². The summed E-state index contributed by atoms with van der Waals surface area (Å²) >= 11 is 0. The molecule has 0 aromatic heterocycles. The molecule has 7 heteroatoms. The summed E-state index contributed by atoms with van der Waals surface area (Å²) in [5.41, 5.74) is -0.0325. The second-order valence-electron chi connectivity index (χ2n) is 5.44. The molecule has 0 saturated carbocycles. The van der Waals surface area contributed by atoms with E-state index in [2.05, 4.69) is 4.90 Å². The van der Waals surface area contributed by atoms with Gasteiger partial charge in [-0.3, -0.25) is 4.90 Å². The Hall–Kier alpha value is -1.31. The first-order valence-electron chi connectivity index (χ1n) is 7.21. The van der Waals surface area contributed by atoms with Crippen LogP contribution in [0.2, 0.25) is 0 Å². The molecule has 1 heterocycles. The van der Waals surface area contributed by atoms with Crippen LogP contribution in [0.4, 0.5) is 18.9 Å². The molecule has 1 aliphatic rings. The van der Waals surface area contributed by atoms with E-state index in [0.29, 0.717) is 38.4 Å². The quantitative estimate of drug-likeness (QED) is 0.899. The van der Waals surface area contributed by atoms with Crippen molar-refractivity contribution in [3.63, 3.8) is 0 Å². The number of ether oxygens (including phenoxy) is 1. The first-order valence-corrected chi connectivity index (χ1v) is 7.21. The monoisotopic (exact) mass is 318 g/mol. The lowest BCUT2D eigenvalue weighted by Gasteiger charge is -2.37. The number of anilines is 1. The summed E-state index contributed by atoms with van der Waals surface area (Å²) in [7, 11) is 1.54. The Kier molecular flexibility index (Phi) is 5.66. The number of alkyl halides is 3. The second kappa shape index (κ2) is 7.30. The summed E-state index contributed by atoms with van der Waals surface area (Å²) in [6.45, 7) is 3.49. The molecule has 0 amide bonds. The number of halogens is 3. The van der Waals surface area contributed by atoms with E-state index in [4.69, 9.17) is 4.74 Å². The van der Waals surface area contributed by atoms with Crippen LogP contribution < -0.4 is 4.90 Å². The lowest BCUT2D eigenvalue weighted by Crippen LogP contribution is -2.49. The molecule has 2 rings (SSSR count). The molecule has 1 N–H and O–H groups in total. The van der Waals surface area contributed by atoms with Gasteiger partial charge in [-0.05, 0) is 18.2 Å². The highest BCUT2D eigenvalue weighted by molar-refractivity contribution is 5.49. The maximum atomic E-state index is 12.7. The summed E-state index contributed by atoms with van der Waals surface area (Å²) in [6, 6.07) is 5.41. The minimum absolute atomic E-state index is 0.286. The minimum Gasteiger partial charge on any atom is -0.389 e. The second-order valence-corrected chi connectivity index (χ2v) is 5.44. The standard InChI is InChI=1S/C15H21F3N2O2/c1-22-11-14(21)10-19-5-7-20(8-6-19)13-4-2-3-12(9-13)15(16,17)18/h2-4,9,14,21H,5-8,10-11H2,1H3. The minimum atomic E-state index is -4.32. The smallest absolute Gasteiger partial charge is 0.389 e. The third-order valence-electron chi connectivity index (χ3n) is 3.74. The Morgan fingerprint density at radius 1 is 1.23 bits per heavy atom. The van der Waals surface area contributed by atoms with Gasteiger partial charge in [0.15, 0.2) is 0 Å². The van der Waals surface area contributed by atoms with E-state index in [0.717, 1.165) is 6.07 Å². The highest BCUT2D eigenvalue weighted by Gasteiger charge is 2.31. The molecule has 0 bridgehead atoms. The van der Waals surface area contributed by atoms with E-state index in [1.165, 1.54) is 19.2 Å². The van der Waals surface area contributed by atoms with E-state index in [1.54, 1.807) is 6.07 Å². The Labute approximate surface area is 128 Å². The van der Waals surface area contributed by atoms with Gasteiger partial charge in [0.05, 0.1) is 18.3 Å². The number of piperazine rings is 1. The van der Waals surface area contributed by atoms with Crippen LogP contribution in [0.5, 0.6) is 0 Å². The van der Waals surface area contributed by atoms with Crippen molar-refractivity contribution in [2.24, 2.45) is 0 Å². The first-order chi connectivity index (χ1) is 10.4. The van der Waals surface area contributed by atoms with Gasteiger partial charge >= 0.3 is 6.18 Å². The number of hydrogen-bond acceptors (Lipinski definition) is 4. The van der Waals surface area contributed by atoms with E-state index < -0.39 is 17.8 Å². The lowest BCUT2D eigenvalue weighted by atomic mass is 10.1. The fourth-order valence-electron chi connectivity index (χ4n) is 2.61. The highest BCUT2D eigenvalue weighted by Crippen LogP contribution is 2.31. The van der Waals surface area contributed by atoms with Gasteiger partial charge < -0.3 is 14.7 Å². The van der Waals surface area contributed by atoms with Crippen LogP contribution in [0.15, 0.2) is 24.3 Å². The number of rotatable bonds is 5. The van der Waals surface area contributed by atoms with E-state index in [9.17, 15) is 18.3 Å². The zero-order valence-corrected chi connectivity index (χ0v) is 12.5. The highest BCUT2D eigenvalue weighted by atomic mass is 19.4. The number of nitrogens with zero attached hydrogens (tertiary/aromatic N) is 2. The van der Waals surface area contributed by atoms with Gasteiger partial charge in [-0.2, -0.15) is 13.2 Å². The van der Waals surface area contributed by atoms with Crippen LogP contribution in [-0.2, 0) is 10.9 Å². The van der Waals surface area contributed by atoms with Gasteiger partial charge in [-0.25, -0.2) is 0 Å². The van der Waals surface area contributed by atoms with Gasteiger partial charge in [0.2, 0.25) is 0 Å². The van der Waals surface area contributed by atoms with E-state index >= 15 is 0 Å². The van der Waals surface area contributed by atoms with E-state index in [1.807, 2.05) is 4.90 Å². The molecule has 1 saturated heterocycles. The number of aliphatic hydroxyl groups excluding tert-OH is 1. The van der Waals surface area contributed by atoms with Crippen molar-refractivity contribution in [2.45, 2.75) is 12.3 Å².